The van der Waals surface area contributed by atoms with Gasteiger partial charge in [0.05, 0.1) is 6.61 Å². The predicted octanol–water partition coefficient (Wildman–Crippen LogP) is 2.40. The second kappa shape index (κ2) is 6.42. The van der Waals surface area contributed by atoms with E-state index in [1.54, 1.807) is 18.9 Å². The number of nitrogens with one attached hydrogen (secondary N) is 2. The van der Waals surface area contributed by atoms with Gasteiger partial charge < -0.3 is 10.1 Å². The van der Waals surface area contributed by atoms with Gasteiger partial charge in [0.2, 0.25) is 0 Å². The molecule has 0 fully saturated rings. The van der Waals surface area contributed by atoms with Crippen LogP contribution >= 0.6 is 11.8 Å². The molecule has 18 heavy (non-hydrogen) atoms. The van der Waals surface area contributed by atoms with Crippen molar-refractivity contribution in [3.8, 4) is 0 Å². The first-order valence-electron chi connectivity index (χ1n) is 5.66. The summed E-state index contributed by atoms with van der Waals surface area (Å²) in [5.74, 6) is 0. The first-order chi connectivity index (χ1) is 8.78. The Hall–Kier alpha value is -1.53. The molecule has 0 spiro atoms. The molecular weight excluding hydrogens is 248 g/mol. The molecule has 2 aromatic rings. The van der Waals surface area contributed by atoms with Crippen LogP contribution in [0.25, 0.3) is 0 Å². The highest BCUT2D eigenvalue weighted by Crippen LogP contribution is 2.25. The zero-order chi connectivity index (χ0) is 12.8. The molecule has 6 heteroatoms. The lowest BCUT2D eigenvalue weighted by molar-refractivity contribution is 0.190. The number of rotatable bonds is 6. The summed E-state index contributed by atoms with van der Waals surface area (Å²) >= 11 is 1.55. The van der Waals surface area contributed by atoms with Crippen molar-refractivity contribution in [1.82, 2.24) is 15.2 Å². The van der Waals surface area contributed by atoms with Gasteiger partial charge in [-0.05, 0) is 31.2 Å². The molecule has 0 saturated heterocycles. The van der Waals surface area contributed by atoms with Crippen LogP contribution in [0.2, 0.25) is 0 Å². The molecule has 1 aromatic heterocycles. The Kier molecular flexibility index (Phi) is 4.60. The van der Waals surface area contributed by atoms with E-state index in [4.69, 9.17) is 4.74 Å². The first kappa shape index (κ1) is 12.9. The number of H-pyrrole nitrogens is 1. The minimum Gasteiger partial charge on any atom is -0.383 e. The van der Waals surface area contributed by atoms with E-state index in [1.165, 1.54) is 6.33 Å². The standard InChI is InChI=1S/C12H16N4OS/c1-9(7-17-2)15-10-3-5-11(6-4-10)18-12-13-8-14-16-12/h3-6,8-9,15H,7H2,1-2H3,(H,13,14,16). The highest BCUT2D eigenvalue weighted by atomic mass is 32.2. The summed E-state index contributed by atoms with van der Waals surface area (Å²) < 4.78 is 5.08. The van der Waals surface area contributed by atoms with E-state index in [0.717, 1.165) is 15.7 Å². The summed E-state index contributed by atoms with van der Waals surface area (Å²) in [4.78, 5) is 5.19. The van der Waals surface area contributed by atoms with Crippen LogP contribution in [0.4, 0.5) is 5.69 Å². The molecule has 1 atom stereocenters. The second-order valence-corrected chi connectivity index (χ2v) is 4.98. The van der Waals surface area contributed by atoms with Gasteiger partial charge in [0.1, 0.15) is 6.33 Å². The van der Waals surface area contributed by atoms with Gasteiger partial charge in [0.15, 0.2) is 5.16 Å². The van der Waals surface area contributed by atoms with Crippen LogP contribution in [0.3, 0.4) is 0 Å². The molecule has 2 rings (SSSR count). The van der Waals surface area contributed by atoms with Crippen LogP contribution in [0.5, 0.6) is 0 Å². The number of aromatic nitrogens is 3. The van der Waals surface area contributed by atoms with Gasteiger partial charge >= 0.3 is 0 Å². The Balaban J connectivity index is 1.93. The third-order valence-electron chi connectivity index (χ3n) is 2.29. The molecule has 5 nitrogen and oxygen atoms in total. The molecule has 96 valence electrons. The lowest BCUT2D eigenvalue weighted by Crippen LogP contribution is -2.20. The quantitative estimate of drug-likeness (QED) is 0.839. The maximum atomic E-state index is 5.08. The van der Waals surface area contributed by atoms with Gasteiger partial charge in [-0.25, -0.2) is 4.98 Å². The zero-order valence-corrected chi connectivity index (χ0v) is 11.2. The predicted molar refractivity (Wildman–Crippen MR) is 71.9 cm³/mol. The van der Waals surface area contributed by atoms with Crippen molar-refractivity contribution >= 4 is 17.4 Å². The highest BCUT2D eigenvalue weighted by Gasteiger charge is 2.02. The molecule has 1 heterocycles. The van der Waals surface area contributed by atoms with E-state index in [2.05, 4.69) is 39.6 Å². The zero-order valence-electron chi connectivity index (χ0n) is 10.4. The van der Waals surface area contributed by atoms with Gasteiger partial charge in [0, 0.05) is 23.7 Å². The summed E-state index contributed by atoms with van der Waals surface area (Å²) in [6.45, 7) is 2.77. The number of anilines is 1. The number of nitrogens with zero attached hydrogens (tertiary/aromatic N) is 2. The minimum absolute atomic E-state index is 0.294. The lowest BCUT2D eigenvalue weighted by atomic mass is 10.3. The fourth-order valence-corrected chi connectivity index (χ4v) is 2.24. The first-order valence-corrected chi connectivity index (χ1v) is 6.48. The topological polar surface area (TPSA) is 62.8 Å². The van der Waals surface area contributed by atoms with E-state index in [1.807, 2.05) is 12.1 Å². The molecule has 0 aliphatic carbocycles. The largest absolute Gasteiger partial charge is 0.383 e. The van der Waals surface area contributed by atoms with E-state index in [-0.39, 0.29) is 0 Å². The molecule has 0 radical (unpaired) electrons. The number of hydrogen-bond acceptors (Lipinski definition) is 5. The molecule has 1 aromatic carbocycles. The minimum atomic E-state index is 0.294. The van der Waals surface area contributed by atoms with Crippen molar-refractivity contribution in [3.63, 3.8) is 0 Å². The van der Waals surface area contributed by atoms with Crippen LogP contribution < -0.4 is 5.32 Å². The molecule has 0 aliphatic rings. The number of aromatic amines is 1. The van der Waals surface area contributed by atoms with Crippen molar-refractivity contribution in [3.05, 3.63) is 30.6 Å². The van der Waals surface area contributed by atoms with Crippen LogP contribution in [-0.4, -0.2) is 34.9 Å². The Bertz CT molecular complexity index is 457. The summed E-state index contributed by atoms with van der Waals surface area (Å²) in [5.41, 5.74) is 1.08. The molecular formula is C12H16N4OS. The van der Waals surface area contributed by atoms with Gasteiger partial charge in [-0.15, -0.1) is 0 Å². The number of ether oxygens (including phenoxy) is 1. The summed E-state index contributed by atoms with van der Waals surface area (Å²) in [6.07, 6.45) is 1.50. The third-order valence-corrected chi connectivity index (χ3v) is 3.19. The Labute approximate surface area is 110 Å². The molecule has 0 saturated carbocycles. The average Bonchev–Trinajstić information content (AvgIpc) is 2.85. The smallest absolute Gasteiger partial charge is 0.188 e. The number of benzene rings is 1. The van der Waals surface area contributed by atoms with Crippen molar-refractivity contribution < 1.29 is 4.74 Å². The Morgan fingerprint density at radius 2 is 2.17 bits per heavy atom. The SMILES string of the molecule is COCC(C)Nc1ccc(Sc2ncn[nH]2)cc1. The lowest BCUT2D eigenvalue weighted by Gasteiger charge is -2.14. The van der Waals surface area contributed by atoms with Gasteiger partial charge in [-0.3, -0.25) is 5.10 Å². The molecule has 0 aliphatic heterocycles. The normalized spacial score (nSPS) is 12.3. The van der Waals surface area contributed by atoms with Crippen molar-refractivity contribution in [2.75, 3.05) is 19.0 Å². The van der Waals surface area contributed by atoms with Gasteiger partial charge in [-0.2, -0.15) is 5.10 Å². The average molecular weight is 264 g/mol. The summed E-state index contributed by atoms with van der Waals surface area (Å²) in [5, 5.41) is 10.8. The monoisotopic (exact) mass is 264 g/mol. The maximum absolute atomic E-state index is 5.08. The maximum Gasteiger partial charge on any atom is 0.188 e. The van der Waals surface area contributed by atoms with Crippen LogP contribution in [0.1, 0.15) is 6.92 Å². The summed E-state index contributed by atoms with van der Waals surface area (Å²) in [6, 6.07) is 8.49. The molecule has 0 amide bonds. The fourth-order valence-electron chi connectivity index (χ4n) is 1.55. The van der Waals surface area contributed by atoms with Gasteiger partial charge in [0.25, 0.3) is 0 Å². The van der Waals surface area contributed by atoms with E-state index < -0.39 is 0 Å². The van der Waals surface area contributed by atoms with Crippen LogP contribution in [0, 0.1) is 0 Å². The molecule has 0 bridgehead atoms. The Morgan fingerprint density at radius 3 is 2.78 bits per heavy atom. The number of hydrogen-bond donors (Lipinski definition) is 2. The third kappa shape index (κ3) is 3.75. The van der Waals surface area contributed by atoms with Crippen molar-refractivity contribution in [1.29, 1.82) is 0 Å². The second-order valence-electron chi connectivity index (χ2n) is 3.92. The number of methoxy groups -OCH3 is 1. The fraction of sp³-hybridized carbons (Fsp3) is 0.333. The van der Waals surface area contributed by atoms with E-state index in [0.29, 0.717) is 12.6 Å². The van der Waals surface area contributed by atoms with Crippen molar-refractivity contribution in [2.45, 2.75) is 23.0 Å². The highest BCUT2D eigenvalue weighted by molar-refractivity contribution is 7.99. The van der Waals surface area contributed by atoms with Crippen LogP contribution in [0.15, 0.2) is 40.6 Å². The molecule has 2 N–H and O–H groups in total. The summed E-state index contributed by atoms with van der Waals surface area (Å²) in [7, 11) is 1.70. The van der Waals surface area contributed by atoms with E-state index >= 15 is 0 Å². The Morgan fingerprint density at radius 1 is 1.39 bits per heavy atom. The van der Waals surface area contributed by atoms with Crippen LogP contribution in [-0.2, 0) is 4.74 Å². The van der Waals surface area contributed by atoms with Crippen molar-refractivity contribution in [2.24, 2.45) is 0 Å². The molecule has 1 unspecified atom stereocenters. The van der Waals surface area contributed by atoms with E-state index in [9.17, 15) is 0 Å². The van der Waals surface area contributed by atoms with Gasteiger partial charge in [-0.1, -0.05) is 11.8 Å².